The topological polar surface area (TPSA) is 193 Å². The molecule has 6 atom stereocenters. The molecule has 3 aromatic heterocycles. The summed E-state index contributed by atoms with van der Waals surface area (Å²) in [5.41, 5.74) is 15.6. The number of pyridine rings is 2. The number of aromatic nitrogens is 2. The summed E-state index contributed by atoms with van der Waals surface area (Å²) in [6, 6.07) is 10.8. The number of anilines is 2. The van der Waals surface area contributed by atoms with Gasteiger partial charge in [0.25, 0.3) is 0 Å². The van der Waals surface area contributed by atoms with Gasteiger partial charge in [-0.3, -0.25) is 14.7 Å². The molecule has 282 valence electrons. The molecule has 6 unspecified atom stereocenters. The number of esters is 1. The molecule has 3 saturated heterocycles. The van der Waals surface area contributed by atoms with Crippen LogP contribution in [0.5, 0.6) is 11.5 Å². The second kappa shape index (κ2) is 11.7. The van der Waals surface area contributed by atoms with Crippen LogP contribution in [0.3, 0.4) is 0 Å². The van der Waals surface area contributed by atoms with Gasteiger partial charge in [0.2, 0.25) is 0 Å². The molecule has 1 aromatic carbocycles. The highest BCUT2D eigenvalue weighted by Gasteiger charge is 2.71. The summed E-state index contributed by atoms with van der Waals surface area (Å²) in [4.78, 5) is 42.3. The van der Waals surface area contributed by atoms with Gasteiger partial charge < -0.3 is 35.2 Å². The molecule has 1 saturated carbocycles. The normalized spacial score (nSPS) is 29.5. The highest BCUT2D eigenvalue weighted by Crippen LogP contribution is 2.64. The molecular formula is C42H43N6O7+. The minimum Gasteiger partial charge on any atom is -0.507 e. The number of aliphatic imine (C=N–C) groups is 1. The van der Waals surface area contributed by atoms with Crippen LogP contribution in [0.1, 0.15) is 74.5 Å². The SMILES string of the molecule is Cc1cc(=O)c2c(O)c3c(cc2o1)OC(C)(C)C12CCC(CC31)CC1(OC1CCc1cc(N)nc(-c3cc(N)nc(C[NH+]4C=C5C=CN=C5C4)c3)c1)C(=O)O2. The predicted molar refractivity (Wildman–Crippen MR) is 204 cm³/mol. The lowest BCUT2D eigenvalue weighted by Gasteiger charge is -2.58. The zero-order valence-electron chi connectivity index (χ0n) is 31.0. The van der Waals surface area contributed by atoms with E-state index in [9.17, 15) is 14.7 Å². The van der Waals surface area contributed by atoms with Crippen LogP contribution in [-0.4, -0.2) is 56.2 Å². The third-order valence-electron chi connectivity index (χ3n) is 12.7. The second-order valence-corrected chi connectivity index (χ2v) is 16.6. The van der Waals surface area contributed by atoms with E-state index in [4.69, 9.17) is 30.1 Å². The summed E-state index contributed by atoms with van der Waals surface area (Å²) in [5.74, 6) is 0.859. The van der Waals surface area contributed by atoms with Crippen LogP contribution < -0.4 is 26.5 Å². The molecule has 9 heterocycles. The summed E-state index contributed by atoms with van der Waals surface area (Å²) in [6.45, 7) is 7.01. The second-order valence-electron chi connectivity index (χ2n) is 16.6. The van der Waals surface area contributed by atoms with Crippen molar-refractivity contribution in [3.8, 4) is 22.8 Å². The van der Waals surface area contributed by atoms with Crippen LogP contribution in [0.4, 0.5) is 11.6 Å². The third-order valence-corrected chi connectivity index (χ3v) is 12.7. The van der Waals surface area contributed by atoms with E-state index in [2.05, 4.69) is 21.2 Å². The Hall–Kier alpha value is -5.53. The van der Waals surface area contributed by atoms with Crippen LogP contribution in [0, 0.1) is 12.8 Å². The fourth-order valence-corrected chi connectivity index (χ4v) is 10.1. The van der Waals surface area contributed by atoms with Gasteiger partial charge in [-0.15, -0.1) is 0 Å². The number of nitrogen functional groups attached to an aromatic ring is 2. The van der Waals surface area contributed by atoms with Crippen LogP contribution in [0.15, 0.2) is 74.7 Å². The number of nitrogens with one attached hydrogen (secondary N) is 1. The smallest absolute Gasteiger partial charge is 0.341 e. The van der Waals surface area contributed by atoms with Gasteiger partial charge in [0.05, 0.1) is 23.1 Å². The van der Waals surface area contributed by atoms with Gasteiger partial charge >= 0.3 is 5.97 Å². The number of rotatable bonds is 6. The van der Waals surface area contributed by atoms with Crippen LogP contribution in [0.2, 0.25) is 0 Å². The van der Waals surface area contributed by atoms with Gasteiger partial charge in [0, 0.05) is 35.4 Å². The number of quaternary nitrogens is 1. The van der Waals surface area contributed by atoms with Gasteiger partial charge in [-0.05, 0) is 101 Å². The number of epoxide rings is 1. The zero-order chi connectivity index (χ0) is 38.0. The maximum Gasteiger partial charge on any atom is 0.341 e. The number of aryl methyl sites for hydroxylation is 2. The Morgan fingerprint density at radius 3 is 2.71 bits per heavy atom. The third kappa shape index (κ3) is 5.30. The van der Waals surface area contributed by atoms with E-state index in [0.717, 1.165) is 41.1 Å². The van der Waals surface area contributed by atoms with E-state index in [1.807, 2.05) is 50.4 Å². The summed E-state index contributed by atoms with van der Waals surface area (Å²) in [7, 11) is 0. The first-order valence-corrected chi connectivity index (χ1v) is 19.0. The van der Waals surface area contributed by atoms with E-state index < -0.39 is 22.8 Å². The number of carbonyl (C=O) groups excluding carboxylic acids is 1. The monoisotopic (exact) mass is 743 g/mol. The maximum atomic E-state index is 14.3. The molecule has 4 fully saturated rings. The van der Waals surface area contributed by atoms with E-state index in [-0.39, 0.29) is 40.1 Å². The summed E-state index contributed by atoms with van der Waals surface area (Å²) in [6.07, 6.45) is 9.41. The number of phenols is 1. The zero-order valence-corrected chi connectivity index (χ0v) is 31.0. The average Bonchev–Trinajstić information content (AvgIpc) is 3.41. The minimum atomic E-state index is -1.08. The lowest BCUT2D eigenvalue weighted by atomic mass is 9.58. The van der Waals surface area contributed by atoms with Gasteiger partial charge in [-0.2, -0.15) is 0 Å². The number of hydrogen-bond donors (Lipinski definition) is 4. The van der Waals surface area contributed by atoms with Crippen molar-refractivity contribution in [1.29, 1.82) is 0 Å². The average molecular weight is 744 g/mol. The Morgan fingerprint density at radius 1 is 1.04 bits per heavy atom. The van der Waals surface area contributed by atoms with Crippen LogP contribution in [0.25, 0.3) is 22.2 Å². The minimum absolute atomic E-state index is 0.110. The van der Waals surface area contributed by atoms with Crippen molar-refractivity contribution in [3.05, 3.63) is 93.3 Å². The molecule has 6 aliphatic heterocycles. The van der Waals surface area contributed by atoms with Gasteiger partial charge in [-0.25, -0.2) is 14.8 Å². The van der Waals surface area contributed by atoms with Crippen LogP contribution in [-0.2, 0) is 27.2 Å². The quantitative estimate of drug-likeness (QED) is 0.164. The number of aromatic hydroxyl groups is 1. The Balaban J connectivity index is 0.886. The Bertz CT molecular complexity index is 2510. The van der Waals surface area contributed by atoms with E-state index in [1.165, 1.54) is 11.0 Å². The molecule has 1 aliphatic carbocycles. The molecule has 55 heavy (non-hydrogen) atoms. The number of hydrogen-bond acceptors (Lipinski definition) is 12. The van der Waals surface area contributed by atoms with Gasteiger partial charge in [0.15, 0.2) is 16.6 Å². The number of allylic oxidation sites excluding steroid dienone is 1. The van der Waals surface area contributed by atoms with Crippen molar-refractivity contribution in [2.24, 2.45) is 10.9 Å². The molecule has 13 nitrogen and oxygen atoms in total. The van der Waals surface area contributed by atoms with E-state index in [1.54, 1.807) is 13.0 Å². The van der Waals surface area contributed by atoms with Crippen molar-refractivity contribution in [2.45, 2.75) is 94.7 Å². The van der Waals surface area contributed by atoms with Crippen molar-refractivity contribution < 1.29 is 33.4 Å². The number of ether oxygens (including phenoxy) is 3. The largest absolute Gasteiger partial charge is 0.507 e. The molecule has 2 spiro atoms. The van der Waals surface area contributed by atoms with Crippen molar-refractivity contribution in [1.82, 2.24) is 9.97 Å². The van der Waals surface area contributed by atoms with Gasteiger partial charge in [0.1, 0.15) is 70.5 Å². The number of nitrogens with two attached hydrogens (primary N) is 2. The first kappa shape index (κ1) is 34.0. The number of nitrogens with zero attached hydrogens (tertiary/aromatic N) is 3. The number of fused-ring (bicyclic) bond motifs is 5. The first-order chi connectivity index (χ1) is 26.3. The van der Waals surface area contributed by atoms with Crippen LogP contribution >= 0.6 is 0 Å². The van der Waals surface area contributed by atoms with Crippen molar-refractivity contribution >= 4 is 34.3 Å². The molecule has 2 bridgehead atoms. The Kier molecular flexibility index (Phi) is 7.25. The van der Waals surface area contributed by atoms with Gasteiger partial charge in [-0.1, -0.05) is 0 Å². The fourth-order valence-electron chi connectivity index (χ4n) is 10.1. The molecule has 7 aliphatic rings. The molecule has 13 heteroatoms. The molecule has 0 amide bonds. The fraction of sp³-hybridized carbons (Fsp3) is 0.405. The summed E-state index contributed by atoms with van der Waals surface area (Å²) < 4.78 is 25.4. The number of carbonyl (C=O) groups is 1. The number of phenolic OH excluding ortho intramolecular Hbond substituents is 1. The first-order valence-electron chi connectivity index (χ1n) is 19.0. The maximum absolute atomic E-state index is 14.3. The molecule has 0 radical (unpaired) electrons. The molecule has 4 aromatic rings. The van der Waals surface area contributed by atoms with Crippen molar-refractivity contribution in [2.75, 3.05) is 18.0 Å². The Labute approximate surface area is 316 Å². The highest BCUT2D eigenvalue weighted by atomic mass is 16.7. The molecular weight excluding hydrogens is 700 g/mol. The Morgan fingerprint density at radius 2 is 1.87 bits per heavy atom. The predicted octanol–water partition coefficient (Wildman–Crippen LogP) is 4.19. The molecule has 6 N–H and O–H groups in total. The highest BCUT2D eigenvalue weighted by molar-refractivity contribution is 6.06. The van der Waals surface area contributed by atoms with Crippen molar-refractivity contribution in [3.63, 3.8) is 0 Å². The summed E-state index contributed by atoms with van der Waals surface area (Å²) in [5, 5.41) is 11.8. The number of benzene rings is 1. The lowest BCUT2D eigenvalue weighted by Crippen LogP contribution is -3.05. The van der Waals surface area contributed by atoms with E-state index >= 15 is 0 Å². The lowest BCUT2D eigenvalue weighted by molar-refractivity contribution is -0.848. The standard InChI is InChI=1S/C42H42N6O7/c1-21-10-30(49)37-31(52-21)16-32-36(38(37)50)27-11-23-6-8-42(27,40(2,3)53-32)55-39(51)41(17-23)33(54-41)5-4-22-12-28(47-34(43)13-22)25-14-26(46-35(44)15-25)19-48-18-24-7-9-45-29(24)20-48/h7,9-10,12-16,18,23,27,33,50H,4-6,8,11,17,19-20H2,1-3H3,(H2,43,47)(H2,44,46)/p+1. The summed E-state index contributed by atoms with van der Waals surface area (Å²) >= 11 is 0. The van der Waals surface area contributed by atoms with E-state index in [0.29, 0.717) is 73.1 Å². The molecule has 11 rings (SSSR count).